The fraction of sp³-hybridized carbons (Fsp3) is 0.818. The van der Waals surface area contributed by atoms with E-state index in [1.54, 1.807) is 0 Å². The molecule has 2 unspecified atom stereocenters. The zero-order valence-electron chi connectivity index (χ0n) is 18.5. The minimum absolute atomic E-state index is 0.0883. The summed E-state index contributed by atoms with van der Waals surface area (Å²) in [5.41, 5.74) is 1.26. The molecule has 6 nitrogen and oxygen atoms in total. The van der Waals surface area contributed by atoms with Crippen LogP contribution in [0.3, 0.4) is 0 Å². The second kappa shape index (κ2) is 6.33. The lowest BCUT2D eigenvalue weighted by Gasteiger charge is -2.32. The molecule has 2 atom stereocenters. The average Bonchev–Trinajstić information content (AvgIpc) is 2.94. The highest BCUT2D eigenvalue weighted by molar-refractivity contribution is 6.51. The van der Waals surface area contributed by atoms with Crippen LogP contribution < -0.4 is 0 Å². The van der Waals surface area contributed by atoms with E-state index >= 15 is 0 Å². The van der Waals surface area contributed by atoms with Crippen LogP contribution in [0, 0.1) is 5.92 Å². The monoisotopic (exact) mass is 399 g/mol. The van der Waals surface area contributed by atoms with E-state index in [0.717, 1.165) is 50.0 Å². The lowest BCUT2D eigenvalue weighted by Crippen LogP contribution is -2.42. The Morgan fingerprint density at radius 3 is 2.45 bits per heavy atom. The number of hydrogen-bond donors (Lipinski definition) is 0. The standard InChI is InChI=1S/C22H34BN3O3/c1-20(2)21(3,4)29-23(28-20)22-10-11-26(13-16(22)12-22)19(27)17-14-25(5)24-18(17)15-8-6-7-9-15/h14-16H,6-13H2,1-5H3. The van der Waals surface area contributed by atoms with E-state index in [0.29, 0.717) is 11.8 Å². The van der Waals surface area contributed by atoms with Gasteiger partial charge in [-0.05, 0) is 59.3 Å². The molecule has 0 bridgehead atoms. The first-order valence-electron chi connectivity index (χ1n) is 11.3. The van der Waals surface area contributed by atoms with Crippen molar-refractivity contribution in [3.63, 3.8) is 0 Å². The average molecular weight is 399 g/mol. The Hall–Kier alpha value is -1.34. The predicted molar refractivity (Wildman–Crippen MR) is 112 cm³/mol. The summed E-state index contributed by atoms with van der Waals surface area (Å²) in [5.74, 6) is 1.08. The molecule has 2 aliphatic carbocycles. The molecule has 1 amide bonds. The Balaban J connectivity index is 1.29. The summed E-state index contributed by atoms with van der Waals surface area (Å²) in [6.45, 7) is 10.1. The summed E-state index contributed by atoms with van der Waals surface area (Å²) in [6.07, 6.45) is 8.79. The summed E-state index contributed by atoms with van der Waals surface area (Å²) in [5, 5.41) is 4.76. The Morgan fingerprint density at radius 2 is 1.83 bits per heavy atom. The van der Waals surface area contributed by atoms with Gasteiger partial charge in [0.25, 0.3) is 5.91 Å². The molecule has 2 saturated carbocycles. The number of likely N-dealkylation sites (tertiary alicyclic amines) is 1. The van der Waals surface area contributed by atoms with Crippen molar-refractivity contribution < 1.29 is 14.1 Å². The number of aromatic nitrogens is 2. The van der Waals surface area contributed by atoms with Gasteiger partial charge in [-0.2, -0.15) is 5.10 Å². The molecule has 2 saturated heterocycles. The first kappa shape index (κ1) is 19.6. The third-order valence-corrected chi connectivity index (χ3v) is 8.41. The second-order valence-corrected chi connectivity index (χ2v) is 10.8. The molecule has 0 radical (unpaired) electrons. The van der Waals surface area contributed by atoms with Crippen LogP contribution in [0.2, 0.25) is 5.31 Å². The fourth-order valence-electron chi connectivity index (χ4n) is 5.66. The molecule has 1 aromatic heterocycles. The molecular formula is C22H34BN3O3. The van der Waals surface area contributed by atoms with E-state index in [2.05, 4.69) is 37.7 Å². The van der Waals surface area contributed by atoms with E-state index in [1.807, 2.05) is 17.9 Å². The van der Waals surface area contributed by atoms with Gasteiger partial charge in [0.05, 0.1) is 22.5 Å². The van der Waals surface area contributed by atoms with Crippen molar-refractivity contribution >= 4 is 13.0 Å². The van der Waals surface area contributed by atoms with Crippen molar-refractivity contribution in [1.29, 1.82) is 0 Å². The summed E-state index contributed by atoms with van der Waals surface area (Å²) in [7, 11) is 1.78. The summed E-state index contributed by atoms with van der Waals surface area (Å²) in [6, 6.07) is 0. The molecule has 158 valence electrons. The molecule has 0 N–H and O–H groups in total. The maximum Gasteiger partial charge on any atom is 0.464 e. The normalized spacial score (nSPS) is 33.2. The molecule has 5 rings (SSSR count). The van der Waals surface area contributed by atoms with Gasteiger partial charge >= 0.3 is 7.12 Å². The summed E-state index contributed by atoms with van der Waals surface area (Å²) >= 11 is 0. The Labute approximate surface area is 174 Å². The van der Waals surface area contributed by atoms with Crippen LogP contribution in [0.5, 0.6) is 0 Å². The molecule has 0 spiro atoms. The maximum absolute atomic E-state index is 13.4. The van der Waals surface area contributed by atoms with E-state index in [4.69, 9.17) is 9.31 Å². The molecule has 7 heteroatoms. The minimum atomic E-state index is -0.293. The molecule has 0 aromatic carbocycles. The largest absolute Gasteiger partial charge is 0.464 e. The quantitative estimate of drug-likeness (QED) is 0.726. The zero-order chi connectivity index (χ0) is 20.6. The lowest BCUT2D eigenvalue weighted by molar-refractivity contribution is 0.00578. The summed E-state index contributed by atoms with van der Waals surface area (Å²) in [4.78, 5) is 15.4. The van der Waals surface area contributed by atoms with Gasteiger partial charge in [0, 0.05) is 37.6 Å². The van der Waals surface area contributed by atoms with Gasteiger partial charge in [-0.1, -0.05) is 12.8 Å². The number of nitrogens with zero attached hydrogens (tertiary/aromatic N) is 3. The number of aryl methyl sites for hydroxylation is 1. The van der Waals surface area contributed by atoms with Crippen LogP contribution in [0.4, 0.5) is 0 Å². The zero-order valence-corrected chi connectivity index (χ0v) is 18.5. The van der Waals surface area contributed by atoms with Crippen molar-refractivity contribution in [3.05, 3.63) is 17.5 Å². The van der Waals surface area contributed by atoms with Gasteiger partial charge in [-0.25, -0.2) is 0 Å². The van der Waals surface area contributed by atoms with Gasteiger partial charge < -0.3 is 14.2 Å². The lowest BCUT2D eigenvalue weighted by atomic mass is 9.63. The van der Waals surface area contributed by atoms with Gasteiger partial charge in [-0.3, -0.25) is 9.48 Å². The predicted octanol–water partition coefficient (Wildman–Crippen LogP) is 3.78. The smallest absolute Gasteiger partial charge is 0.403 e. The van der Waals surface area contributed by atoms with E-state index in [-0.39, 0.29) is 29.5 Å². The van der Waals surface area contributed by atoms with Crippen molar-refractivity contribution in [3.8, 4) is 0 Å². The van der Waals surface area contributed by atoms with Crippen LogP contribution in [0.1, 0.15) is 88.2 Å². The number of piperidine rings is 1. The van der Waals surface area contributed by atoms with E-state index < -0.39 is 0 Å². The second-order valence-electron chi connectivity index (χ2n) is 10.8. The van der Waals surface area contributed by atoms with Gasteiger partial charge in [-0.15, -0.1) is 0 Å². The topological polar surface area (TPSA) is 56.6 Å². The van der Waals surface area contributed by atoms with Crippen LogP contribution in [-0.4, -0.2) is 52.0 Å². The fourth-order valence-corrected chi connectivity index (χ4v) is 5.66. The Morgan fingerprint density at radius 1 is 1.17 bits per heavy atom. The number of fused-ring (bicyclic) bond motifs is 1. The van der Waals surface area contributed by atoms with Gasteiger partial charge in [0.15, 0.2) is 0 Å². The van der Waals surface area contributed by atoms with Crippen LogP contribution in [0.25, 0.3) is 0 Å². The maximum atomic E-state index is 13.4. The van der Waals surface area contributed by atoms with Gasteiger partial charge in [0.2, 0.25) is 0 Å². The first-order chi connectivity index (χ1) is 13.6. The van der Waals surface area contributed by atoms with Crippen molar-refractivity contribution in [2.45, 2.75) is 88.7 Å². The minimum Gasteiger partial charge on any atom is -0.403 e. The molecule has 4 aliphatic rings. The third kappa shape index (κ3) is 2.99. The Bertz CT molecular complexity index is 813. The molecule has 2 aliphatic heterocycles. The third-order valence-electron chi connectivity index (χ3n) is 8.41. The van der Waals surface area contributed by atoms with Gasteiger partial charge in [0.1, 0.15) is 0 Å². The van der Waals surface area contributed by atoms with E-state index in [9.17, 15) is 4.79 Å². The van der Waals surface area contributed by atoms with Crippen molar-refractivity contribution in [2.24, 2.45) is 13.0 Å². The molecule has 1 aromatic rings. The molecule has 3 heterocycles. The highest BCUT2D eigenvalue weighted by atomic mass is 16.7. The number of hydrogen-bond acceptors (Lipinski definition) is 4. The van der Waals surface area contributed by atoms with Crippen molar-refractivity contribution in [1.82, 2.24) is 14.7 Å². The van der Waals surface area contributed by atoms with Crippen LogP contribution in [-0.2, 0) is 16.4 Å². The highest BCUT2D eigenvalue weighted by Gasteiger charge is 2.70. The van der Waals surface area contributed by atoms with Crippen molar-refractivity contribution in [2.75, 3.05) is 13.1 Å². The van der Waals surface area contributed by atoms with E-state index in [1.165, 1.54) is 12.8 Å². The number of amides is 1. The SMILES string of the molecule is Cn1cc(C(=O)N2CCC3(B4OC(C)(C)C(C)(C)O4)CC3C2)c(C2CCCC2)n1. The molecule has 4 fully saturated rings. The number of carbonyl (C=O) groups is 1. The number of carbonyl (C=O) groups excluding carboxylic acids is 1. The van der Waals surface area contributed by atoms with Crippen LogP contribution >= 0.6 is 0 Å². The molecular weight excluding hydrogens is 365 g/mol. The first-order valence-corrected chi connectivity index (χ1v) is 11.3. The highest BCUT2D eigenvalue weighted by Crippen LogP contribution is 2.69. The van der Waals surface area contributed by atoms with Crippen LogP contribution in [0.15, 0.2) is 6.20 Å². The molecule has 29 heavy (non-hydrogen) atoms. The summed E-state index contributed by atoms with van der Waals surface area (Å²) < 4.78 is 14.6. The number of rotatable bonds is 3. The Kier molecular flexibility index (Phi) is 4.28.